The maximum atomic E-state index is 5.40. The Morgan fingerprint density at radius 2 is 1.90 bits per heavy atom. The Kier molecular flexibility index (Phi) is 2.74. The van der Waals surface area contributed by atoms with Crippen LogP contribution in [0.5, 0.6) is 11.5 Å². The summed E-state index contributed by atoms with van der Waals surface area (Å²) in [7, 11) is 0. The highest BCUT2D eigenvalue weighted by molar-refractivity contribution is 5.59. The molecule has 2 aromatic rings. The molecule has 20 heavy (non-hydrogen) atoms. The normalized spacial score (nSPS) is 19.2. The first-order valence-corrected chi connectivity index (χ1v) is 6.89. The van der Waals surface area contributed by atoms with Gasteiger partial charge in [0.05, 0.1) is 5.69 Å². The highest BCUT2D eigenvalue weighted by Crippen LogP contribution is 2.37. The van der Waals surface area contributed by atoms with Gasteiger partial charge in [-0.05, 0) is 30.5 Å². The fraction of sp³-hybridized carbons (Fsp3) is 0.250. The van der Waals surface area contributed by atoms with Gasteiger partial charge in [0.2, 0.25) is 6.79 Å². The third kappa shape index (κ3) is 2.18. The van der Waals surface area contributed by atoms with Gasteiger partial charge in [-0.3, -0.25) is 5.01 Å². The number of hydrogen-bond acceptors (Lipinski definition) is 4. The van der Waals surface area contributed by atoms with Crippen molar-refractivity contribution in [3.05, 3.63) is 54.1 Å². The van der Waals surface area contributed by atoms with Gasteiger partial charge < -0.3 is 9.47 Å². The van der Waals surface area contributed by atoms with E-state index in [1.165, 1.54) is 5.56 Å². The van der Waals surface area contributed by atoms with Crippen LogP contribution in [0, 0.1) is 0 Å². The third-order valence-electron chi connectivity index (χ3n) is 3.72. The molecule has 0 bridgehead atoms. The smallest absolute Gasteiger partial charge is 0.231 e. The average molecular weight is 268 g/mol. The Balaban J connectivity index is 1.38. The molecule has 2 aliphatic rings. The van der Waals surface area contributed by atoms with Crippen molar-refractivity contribution >= 4 is 5.69 Å². The van der Waals surface area contributed by atoms with Gasteiger partial charge in [-0.1, -0.05) is 30.3 Å². The van der Waals surface area contributed by atoms with Crippen LogP contribution < -0.4 is 19.9 Å². The summed E-state index contributed by atoms with van der Waals surface area (Å²) in [5.74, 6) is 1.66. The Morgan fingerprint density at radius 1 is 1.05 bits per heavy atom. The average Bonchev–Trinajstić information content (AvgIpc) is 3.13. The zero-order chi connectivity index (χ0) is 13.4. The lowest BCUT2D eigenvalue weighted by Crippen LogP contribution is -2.01. The van der Waals surface area contributed by atoms with Crippen LogP contribution in [0.2, 0.25) is 0 Å². The maximum Gasteiger partial charge on any atom is 0.231 e. The van der Waals surface area contributed by atoms with Crippen LogP contribution in [0.3, 0.4) is 0 Å². The van der Waals surface area contributed by atoms with Crippen molar-refractivity contribution in [3.63, 3.8) is 0 Å². The molecule has 2 heterocycles. The minimum atomic E-state index is 0.323. The molecule has 1 N–H and O–H groups in total. The van der Waals surface area contributed by atoms with Gasteiger partial charge >= 0.3 is 0 Å². The number of benzene rings is 2. The zero-order valence-electron chi connectivity index (χ0n) is 11.1. The summed E-state index contributed by atoms with van der Waals surface area (Å²) in [6, 6.07) is 16.6. The maximum absolute atomic E-state index is 5.40. The minimum absolute atomic E-state index is 0.323. The second kappa shape index (κ2) is 4.72. The van der Waals surface area contributed by atoms with Gasteiger partial charge in [-0.15, -0.1) is 0 Å². The summed E-state index contributed by atoms with van der Waals surface area (Å²) in [5, 5.41) is 2.17. The molecule has 0 saturated carbocycles. The molecule has 1 fully saturated rings. The number of ether oxygens (including phenoxy) is 2. The van der Waals surface area contributed by atoms with Gasteiger partial charge in [0.15, 0.2) is 11.5 Å². The van der Waals surface area contributed by atoms with E-state index in [9.17, 15) is 0 Å². The van der Waals surface area contributed by atoms with Crippen LogP contribution in [-0.4, -0.2) is 13.0 Å². The Labute approximate surface area is 117 Å². The Morgan fingerprint density at radius 3 is 2.80 bits per heavy atom. The molecule has 0 spiro atoms. The van der Waals surface area contributed by atoms with Crippen molar-refractivity contribution in [2.75, 3.05) is 11.8 Å². The fourth-order valence-electron chi connectivity index (χ4n) is 2.56. The first kappa shape index (κ1) is 11.6. The highest BCUT2D eigenvalue weighted by atomic mass is 16.7. The molecule has 1 unspecified atom stereocenters. The molecule has 0 amide bonds. The molecule has 1 atom stereocenters. The molecule has 4 nitrogen and oxygen atoms in total. The summed E-state index contributed by atoms with van der Waals surface area (Å²) in [5.41, 5.74) is 5.90. The number of rotatable bonds is 4. The SMILES string of the molecule is c1ccc(CCC2NN2c2ccc3c(c2)OCO3)cc1. The van der Waals surface area contributed by atoms with Crippen LogP contribution in [0.25, 0.3) is 0 Å². The van der Waals surface area contributed by atoms with E-state index in [4.69, 9.17) is 9.47 Å². The van der Waals surface area contributed by atoms with Crippen LogP contribution in [0.1, 0.15) is 12.0 Å². The van der Waals surface area contributed by atoms with Gasteiger partial charge in [0.1, 0.15) is 6.17 Å². The van der Waals surface area contributed by atoms with Crippen LogP contribution >= 0.6 is 0 Å². The fourth-order valence-corrected chi connectivity index (χ4v) is 2.56. The first-order valence-electron chi connectivity index (χ1n) is 6.89. The molecule has 4 rings (SSSR count). The van der Waals surface area contributed by atoms with Crippen molar-refractivity contribution < 1.29 is 9.47 Å². The standard InChI is InChI=1S/C16H16N2O2/c1-2-4-12(5-3-1)6-9-16-17-18(16)13-7-8-14-15(10-13)20-11-19-14/h1-5,7-8,10,16-17H,6,9,11H2. The molecule has 1 saturated heterocycles. The van der Waals surface area contributed by atoms with Gasteiger partial charge in [0.25, 0.3) is 0 Å². The minimum Gasteiger partial charge on any atom is -0.454 e. The van der Waals surface area contributed by atoms with Gasteiger partial charge in [0, 0.05) is 6.07 Å². The van der Waals surface area contributed by atoms with Crippen LogP contribution in [0.15, 0.2) is 48.5 Å². The summed E-state index contributed by atoms with van der Waals surface area (Å²) < 4.78 is 10.7. The molecular formula is C16H16N2O2. The van der Waals surface area contributed by atoms with E-state index in [1.54, 1.807) is 0 Å². The van der Waals surface area contributed by atoms with E-state index in [0.29, 0.717) is 13.0 Å². The van der Waals surface area contributed by atoms with E-state index in [0.717, 1.165) is 30.0 Å². The Bertz CT molecular complexity index is 615. The molecule has 0 aromatic heterocycles. The lowest BCUT2D eigenvalue weighted by atomic mass is 10.1. The second-order valence-corrected chi connectivity index (χ2v) is 5.08. The topological polar surface area (TPSA) is 43.4 Å². The largest absolute Gasteiger partial charge is 0.454 e. The summed E-state index contributed by atoms with van der Waals surface area (Å²) in [6.07, 6.45) is 2.59. The number of hydrogen-bond donors (Lipinski definition) is 1. The predicted molar refractivity (Wildman–Crippen MR) is 76.7 cm³/mol. The molecule has 4 heteroatoms. The predicted octanol–water partition coefficient (Wildman–Crippen LogP) is 2.70. The van der Waals surface area contributed by atoms with Crippen molar-refractivity contribution in [2.45, 2.75) is 19.0 Å². The van der Waals surface area contributed by atoms with Crippen molar-refractivity contribution in [3.8, 4) is 11.5 Å². The lowest BCUT2D eigenvalue weighted by Gasteiger charge is -2.04. The number of aryl methyl sites for hydroxylation is 1. The van der Waals surface area contributed by atoms with Crippen LogP contribution in [0.4, 0.5) is 5.69 Å². The highest BCUT2D eigenvalue weighted by Gasteiger charge is 2.33. The second-order valence-electron chi connectivity index (χ2n) is 5.08. The zero-order valence-corrected chi connectivity index (χ0v) is 11.1. The summed E-state index contributed by atoms with van der Waals surface area (Å²) in [6.45, 7) is 0.323. The van der Waals surface area contributed by atoms with E-state index >= 15 is 0 Å². The van der Waals surface area contributed by atoms with E-state index in [2.05, 4.69) is 46.8 Å². The summed E-state index contributed by atoms with van der Waals surface area (Å²) >= 11 is 0. The van der Waals surface area contributed by atoms with Gasteiger partial charge in [-0.2, -0.15) is 0 Å². The number of anilines is 1. The van der Waals surface area contributed by atoms with Crippen molar-refractivity contribution in [2.24, 2.45) is 0 Å². The molecular weight excluding hydrogens is 252 g/mol. The molecule has 102 valence electrons. The number of nitrogens with zero attached hydrogens (tertiary/aromatic N) is 1. The molecule has 0 radical (unpaired) electrons. The third-order valence-corrected chi connectivity index (χ3v) is 3.72. The van der Waals surface area contributed by atoms with Crippen molar-refractivity contribution in [1.29, 1.82) is 0 Å². The van der Waals surface area contributed by atoms with Crippen molar-refractivity contribution in [1.82, 2.24) is 5.43 Å². The monoisotopic (exact) mass is 268 g/mol. The van der Waals surface area contributed by atoms with E-state index < -0.39 is 0 Å². The van der Waals surface area contributed by atoms with Crippen LogP contribution in [-0.2, 0) is 6.42 Å². The first-order chi connectivity index (χ1) is 9.90. The van der Waals surface area contributed by atoms with E-state index in [-0.39, 0.29) is 0 Å². The Hall–Kier alpha value is -2.20. The molecule has 2 aromatic carbocycles. The number of fused-ring (bicyclic) bond motifs is 1. The number of nitrogens with one attached hydrogen (secondary N) is 1. The van der Waals surface area contributed by atoms with E-state index in [1.807, 2.05) is 12.1 Å². The lowest BCUT2D eigenvalue weighted by molar-refractivity contribution is 0.174. The molecule has 0 aliphatic carbocycles. The summed E-state index contributed by atoms with van der Waals surface area (Å²) in [4.78, 5) is 0. The van der Waals surface area contributed by atoms with Gasteiger partial charge in [-0.25, -0.2) is 5.43 Å². The molecule has 2 aliphatic heterocycles. The quantitative estimate of drug-likeness (QED) is 0.866. The number of hydrazine groups is 1.